The summed E-state index contributed by atoms with van der Waals surface area (Å²) < 4.78 is 2.13. The van der Waals surface area contributed by atoms with Crippen LogP contribution < -0.4 is 5.32 Å². The maximum Gasteiger partial charge on any atom is 0.147 e. The minimum atomic E-state index is 0.532. The Bertz CT molecular complexity index is 295. The summed E-state index contributed by atoms with van der Waals surface area (Å²) >= 11 is 0. The van der Waals surface area contributed by atoms with E-state index in [1.54, 1.807) is 0 Å². The van der Waals surface area contributed by atoms with Gasteiger partial charge in [-0.05, 0) is 14.0 Å². The van der Waals surface area contributed by atoms with E-state index in [9.17, 15) is 0 Å². The summed E-state index contributed by atoms with van der Waals surface area (Å²) in [6.45, 7) is 6.30. The lowest BCUT2D eigenvalue weighted by molar-refractivity contribution is 0.201. The van der Waals surface area contributed by atoms with Crippen molar-refractivity contribution in [2.75, 3.05) is 20.1 Å². The lowest BCUT2D eigenvalue weighted by Crippen LogP contribution is -2.41. The van der Waals surface area contributed by atoms with Crippen LogP contribution in [-0.4, -0.2) is 45.8 Å². The van der Waals surface area contributed by atoms with Gasteiger partial charge in [0.2, 0.25) is 0 Å². The molecule has 0 amide bonds. The molecular weight excluding hydrogens is 178 g/mol. The fourth-order valence-corrected chi connectivity index (χ4v) is 1.75. The van der Waals surface area contributed by atoms with Crippen molar-refractivity contribution in [2.24, 2.45) is 0 Å². The molecule has 1 N–H and O–H groups in total. The molecule has 2 rings (SSSR count). The first kappa shape index (κ1) is 9.61. The standard InChI is InChI=1S/C9H17N5/c1-8(10-2)5-13-3-4-14-7-11-12-9(14)6-13/h7-8,10H,3-6H2,1-2H3/t8-/m0/s1. The number of likely N-dealkylation sites (N-methyl/N-ethyl adjacent to an activating group) is 1. The number of hydrogen-bond donors (Lipinski definition) is 1. The molecule has 0 aliphatic carbocycles. The van der Waals surface area contributed by atoms with E-state index in [1.165, 1.54) is 0 Å². The Morgan fingerprint density at radius 3 is 3.21 bits per heavy atom. The lowest BCUT2D eigenvalue weighted by atomic mass is 10.2. The third-order valence-corrected chi connectivity index (χ3v) is 2.74. The van der Waals surface area contributed by atoms with Crippen LogP contribution in [0.2, 0.25) is 0 Å². The Morgan fingerprint density at radius 1 is 1.57 bits per heavy atom. The summed E-state index contributed by atoms with van der Waals surface area (Å²) in [7, 11) is 2.00. The summed E-state index contributed by atoms with van der Waals surface area (Å²) in [5, 5.41) is 11.2. The molecule has 5 nitrogen and oxygen atoms in total. The quantitative estimate of drug-likeness (QED) is 0.719. The largest absolute Gasteiger partial charge is 0.316 e. The number of aromatic nitrogens is 3. The number of fused-ring (bicyclic) bond motifs is 1. The minimum absolute atomic E-state index is 0.532. The van der Waals surface area contributed by atoms with Gasteiger partial charge in [0.1, 0.15) is 12.2 Å². The fraction of sp³-hybridized carbons (Fsp3) is 0.778. The fourth-order valence-electron chi connectivity index (χ4n) is 1.75. The van der Waals surface area contributed by atoms with E-state index < -0.39 is 0 Å². The van der Waals surface area contributed by atoms with Crippen molar-refractivity contribution in [3.05, 3.63) is 12.2 Å². The number of hydrogen-bond acceptors (Lipinski definition) is 4. The molecule has 1 aromatic heterocycles. The monoisotopic (exact) mass is 195 g/mol. The van der Waals surface area contributed by atoms with Crippen LogP contribution in [0.3, 0.4) is 0 Å². The highest BCUT2D eigenvalue weighted by molar-refractivity contribution is 4.90. The normalized spacial score (nSPS) is 19.3. The van der Waals surface area contributed by atoms with E-state index in [2.05, 4.69) is 31.9 Å². The van der Waals surface area contributed by atoms with E-state index in [0.29, 0.717) is 6.04 Å². The Balaban J connectivity index is 1.94. The van der Waals surface area contributed by atoms with E-state index in [4.69, 9.17) is 0 Å². The van der Waals surface area contributed by atoms with Crippen molar-refractivity contribution >= 4 is 0 Å². The molecule has 0 aromatic carbocycles. The van der Waals surface area contributed by atoms with Gasteiger partial charge in [-0.2, -0.15) is 0 Å². The molecule has 0 spiro atoms. The van der Waals surface area contributed by atoms with E-state index in [0.717, 1.165) is 32.0 Å². The summed E-state index contributed by atoms with van der Waals surface area (Å²) in [6, 6.07) is 0.532. The molecule has 0 saturated heterocycles. The Morgan fingerprint density at radius 2 is 2.43 bits per heavy atom. The summed E-state index contributed by atoms with van der Waals surface area (Å²) in [5.74, 6) is 1.08. The molecule has 1 atom stereocenters. The van der Waals surface area contributed by atoms with Gasteiger partial charge < -0.3 is 9.88 Å². The van der Waals surface area contributed by atoms with Gasteiger partial charge >= 0.3 is 0 Å². The second kappa shape index (κ2) is 4.06. The third kappa shape index (κ3) is 1.93. The maximum absolute atomic E-state index is 4.09. The molecule has 14 heavy (non-hydrogen) atoms. The first-order valence-corrected chi connectivity index (χ1v) is 5.06. The van der Waals surface area contributed by atoms with E-state index in [1.807, 2.05) is 13.4 Å². The predicted molar refractivity (Wildman–Crippen MR) is 53.8 cm³/mol. The van der Waals surface area contributed by atoms with Gasteiger partial charge in [-0.3, -0.25) is 4.90 Å². The zero-order chi connectivity index (χ0) is 9.97. The van der Waals surface area contributed by atoms with E-state index >= 15 is 0 Å². The predicted octanol–water partition coefficient (Wildman–Crippen LogP) is -0.298. The highest BCUT2D eigenvalue weighted by Crippen LogP contribution is 2.08. The first-order chi connectivity index (χ1) is 6.79. The molecule has 0 bridgehead atoms. The minimum Gasteiger partial charge on any atom is -0.316 e. The van der Waals surface area contributed by atoms with Crippen LogP contribution in [0, 0.1) is 0 Å². The molecule has 5 heteroatoms. The molecule has 0 unspecified atom stereocenters. The highest BCUT2D eigenvalue weighted by atomic mass is 15.3. The van der Waals surface area contributed by atoms with Gasteiger partial charge in [0.25, 0.3) is 0 Å². The molecule has 1 aliphatic rings. The molecule has 0 saturated carbocycles. The Hall–Kier alpha value is -0.940. The van der Waals surface area contributed by atoms with Crippen molar-refractivity contribution in [3.63, 3.8) is 0 Å². The van der Waals surface area contributed by atoms with Gasteiger partial charge in [-0.15, -0.1) is 10.2 Å². The van der Waals surface area contributed by atoms with Gasteiger partial charge in [0.05, 0.1) is 6.54 Å². The van der Waals surface area contributed by atoms with Crippen LogP contribution >= 0.6 is 0 Å². The topological polar surface area (TPSA) is 46.0 Å². The van der Waals surface area contributed by atoms with Crippen LogP contribution in [0.4, 0.5) is 0 Å². The van der Waals surface area contributed by atoms with Gasteiger partial charge in [-0.25, -0.2) is 0 Å². The molecule has 0 radical (unpaired) electrons. The highest BCUT2D eigenvalue weighted by Gasteiger charge is 2.18. The van der Waals surface area contributed by atoms with Crippen molar-refractivity contribution in [3.8, 4) is 0 Å². The second-order valence-electron chi connectivity index (χ2n) is 3.87. The second-order valence-corrected chi connectivity index (χ2v) is 3.87. The molecule has 2 heterocycles. The summed E-state index contributed by atoms with van der Waals surface area (Å²) in [5.41, 5.74) is 0. The maximum atomic E-state index is 4.09. The lowest BCUT2D eigenvalue weighted by Gasteiger charge is -2.29. The van der Waals surface area contributed by atoms with Crippen molar-refractivity contribution in [1.29, 1.82) is 0 Å². The number of nitrogens with zero attached hydrogens (tertiary/aromatic N) is 4. The first-order valence-electron chi connectivity index (χ1n) is 5.06. The van der Waals surface area contributed by atoms with Crippen LogP contribution in [0.5, 0.6) is 0 Å². The van der Waals surface area contributed by atoms with Gasteiger partial charge in [-0.1, -0.05) is 0 Å². The molecular formula is C9H17N5. The average molecular weight is 195 g/mol. The van der Waals surface area contributed by atoms with E-state index in [-0.39, 0.29) is 0 Å². The van der Waals surface area contributed by atoms with Crippen molar-refractivity contribution in [1.82, 2.24) is 25.0 Å². The van der Waals surface area contributed by atoms with Crippen LogP contribution in [0.15, 0.2) is 6.33 Å². The summed E-state index contributed by atoms with van der Waals surface area (Å²) in [4.78, 5) is 2.41. The van der Waals surface area contributed by atoms with Crippen molar-refractivity contribution in [2.45, 2.75) is 26.1 Å². The Labute approximate surface area is 84.1 Å². The van der Waals surface area contributed by atoms with Gasteiger partial charge in [0, 0.05) is 25.7 Å². The van der Waals surface area contributed by atoms with Crippen molar-refractivity contribution < 1.29 is 0 Å². The molecule has 1 aromatic rings. The van der Waals surface area contributed by atoms with Gasteiger partial charge in [0.15, 0.2) is 0 Å². The zero-order valence-corrected chi connectivity index (χ0v) is 8.77. The molecule has 1 aliphatic heterocycles. The molecule has 0 fully saturated rings. The van der Waals surface area contributed by atoms with Crippen LogP contribution in [0.1, 0.15) is 12.7 Å². The number of rotatable bonds is 3. The molecule has 78 valence electrons. The zero-order valence-electron chi connectivity index (χ0n) is 8.77. The smallest absolute Gasteiger partial charge is 0.147 e. The SMILES string of the molecule is CN[C@@H](C)CN1CCn2cnnc2C1. The number of nitrogens with one attached hydrogen (secondary N) is 1. The van der Waals surface area contributed by atoms with Crippen LogP contribution in [0.25, 0.3) is 0 Å². The Kier molecular flexibility index (Phi) is 2.79. The third-order valence-electron chi connectivity index (χ3n) is 2.74. The van der Waals surface area contributed by atoms with Crippen LogP contribution in [-0.2, 0) is 13.1 Å². The average Bonchev–Trinajstić information content (AvgIpc) is 2.64. The summed E-state index contributed by atoms with van der Waals surface area (Å²) in [6.07, 6.45) is 1.81.